The van der Waals surface area contributed by atoms with Gasteiger partial charge in [-0.1, -0.05) is 0 Å². The van der Waals surface area contributed by atoms with Crippen LogP contribution in [0.1, 0.15) is 26.7 Å². The third kappa shape index (κ3) is 5.94. The lowest BCUT2D eigenvalue weighted by atomic mass is 10.2. The number of rotatable bonds is 6. The second-order valence-electron chi connectivity index (χ2n) is 4.46. The zero-order valence-corrected chi connectivity index (χ0v) is 12.2. The molecule has 0 spiro atoms. The van der Waals surface area contributed by atoms with E-state index in [0.717, 1.165) is 0 Å². The van der Waals surface area contributed by atoms with Crippen LogP contribution in [0.3, 0.4) is 0 Å². The van der Waals surface area contributed by atoms with Gasteiger partial charge in [0.05, 0.1) is 12.7 Å². The number of hydrogen-bond acceptors (Lipinski definition) is 5. The molecule has 3 N–H and O–H groups in total. The molecule has 1 fully saturated rings. The van der Waals surface area contributed by atoms with Gasteiger partial charge in [-0.25, -0.2) is 4.52 Å². The average molecular weight is 308 g/mol. The first-order chi connectivity index (χ1) is 9.19. The van der Waals surface area contributed by atoms with Gasteiger partial charge in [0.25, 0.3) is 0 Å². The Morgan fingerprint density at radius 1 is 1.50 bits per heavy atom. The van der Waals surface area contributed by atoms with E-state index in [9.17, 15) is 14.2 Å². The van der Waals surface area contributed by atoms with Crippen molar-refractivity contribution in [2.24, 2.45) is 0 Å². The normalized spacial score (nSPS) is 25.6. The molecule has 0 saturated carbocycles. The van der Waals surface area contributed by atoms with Crippen molar-refractivity contribution in [3.8, 4) is 0 Å². The van der Waals surface area contributed by atoms with Crippen LogP contribution in [0.2, 0.25) is 0 Å². The van der Waals surface area contributed by atoms with E-state index in [1.807, 2.05) is 0 Å². The molecule has 1 aliphatic rings. The topological polar surface area (TPSA) is 116 Å². The quantitative estimate of drug-likeness (QED) is 0.428. The Kier molecular flexibility index (Phi) is 6.04. The van der Waals surface area contributed by atoms with Crippen molar-refractivity contribution in [1.29, 1.82) is 0 Å². The molecule has 9 heteroatoms. The Morgan fingerprint density at radius 2 is 2.15 bits per heavy atom. The zero-order chi connectivity index (χ0) is 15.3. The van der Waals surface area contributed by atoms with Crippen LogP contribution in [0.5, 0.6) is 0 Å². The fourth-order valence-electron chi connectivity index (χ4n) is 1.79. The van der Waals surface area contributed by atoms with Crippen molar-refractivity contribution >= 4 is 19.5 Å². The Hall–Kier alpha value is -1.05. The number of amides is 1. The standard InChI is InChI=1S/C11H18NO7P/c1-8(13)5-6-12(9(2)14)11-4-3-10(19-11)7-18-20(15,16)17/h5-6,10-11H,3-4,7H2,1-2H3,(H2,15,16,17)/p+1/b6-5-/t10-,11+/m0/s1. The highest BCUT2D eigenvalue weighted by Crippen LogP contribution is 2.37. The summed E-state index contributed by atoms with van der Waals surface area (Å²) in [5.74, 6) is -0.466. The maximum Gasteiger partial charge on any atom is 0.631 e. The Balaban J connectivity index is 2.57. The minimum absolute atomic E-state index is 0.185. The van der Waals surface area contributed by atoms with E-state index in [0.29, 0.717) is 12.8 Å². The second kappa shape index (κ2) is 7.10. The molecule has 0 radical (unpaired) electrons. The lowest BCUT2D eigenvalue weighted by Gasteiger charge is -2.24. The summed E-state index contributed by atoms with van der Waals surface area (Å²) in [5.41, 5.74) is 0. The van der Waals surface area contributed by atoms with E-state index >= 15 is 0 Å². The minimum Gasteiger partial charge on any atom is -0.368 e. The third-order valence-corrected chi connectivity index (χ3v) is 3.16. The van der Waals surface area contributed by atoms with Crippen LogP contribution in [-0.2, 0) is 23.4 Å². The first-order valence-electron chi connectivity index (χ1n) is 6.04. The predicted octanol–water partition coefficient (Wildman–Crippen LogP) is 0.284. The van der Waals surface area contributed by atoms with Crippen molar-refractivity contribution in [2.45, 2.75) is 39.0 Å². The molecule has 1 saturated heterocycles. The van der Waals surface area contributed by atoms with Crippen molar-refractivity contribution in [2.75, 3.05) is 6.61 Å². The van der Waals surface area contributed by atoms with Crippen LogP contribution < -0.4 is 0 Å². The number of ketones is 1. The highest BCUT2D eigenvalue weighted by atomic mass is 31.2. The lowest BCUT2D eigenvalue weighted by molar-refractivity contribution is -0.138. The second-order valence-corrected chi connectivity index (χ2v) is 5.76. The van der Waals surface area contributed by atoms with Gasteiger partial charge in [-0.15, -0.1) is 0 Å². The first kappa shape index (κ1) is 17.0. The molecule has 1 unspecified atom stereocenters. The molecule has 20 heavy (non-hydrogen) atoms. The van der Waals surface area contributed by atoms with Crippen LogP contribution in [0.25, 0.3) is 0 Å². The van der Waals surface area contributed by atoms with Crippen LogP contribution in [0.15, 0.2) is 12.3 Å². The Morgan fingerprint density at radius 3 is 2.65 bits per heavy atom. The monoisotopic (exact) mass is 308 g/mol. The van der Waals surface area contributed by atoms with E-state index in [4.69, 9.17) is 14.5 Å². The van der Waals surface area contributed by atoms with E-state index in [-0.39, 0.29) is 18.3 Å². The Bertz CT molecular complexity index is 444. The lowest BCUT2D eigenvalue weighted by Crippen LogP contribution is -2.35. The molecule has 0 bridgehead atoms. The maximum atomic E-state index is 11.5. The van der Waals surface area contributed by atoms with Crippen molar-refractivity contribution < 1.29 is 33.2 Å². The predicted molar refractivity (Wildman–Crippen MR) is 69.6 cm³/mol. The summed E-state index contributed by atoms with van der Waals surface area (Å²) in [6.45, 7) is 2.54. The van der Waals surface area contributed by atoms with Crippen LogP contribution in [0.4, 0.5) is 0 Å². The fourth-order valence-corrected chi connectivity index (χ4v) is 2.16. The molecule has 0 aromatic heterocycles. The van der Waals surface area contributed by atoms with Crippen LogP contribution in [-0.4, -0.2) is 45.3 Å². The van der Waals surface area contributed by atoms with Gasteiger partial charge in [0.2, 0.25) is 5.91 Å². The van der Waals surface area contributed by atoms with Gasteiger partial charge in [-0.05, 0) is 25.8 Å². The largest absolute Gasteiger partial charge is 0.631 e. The van der Waals surface area contributed by atoms with E-state index in [2.05, 4.69) is 4.52 Å². The first-order valence-corrected chi connectivity index (χ1v) is 7.62. The van der Waals surface area contributed by atoms with Gasteiger partial charge >= 0.3 is 7.82 Å². The molecule has 1 rings (SSSR count). The molecule has 1 aliphatic heterocycles. The van der Waals surface area contributed by atoms with E-state index in [1.54, 1.807) is 0 Å². The van der Waals surface area contributed by atoms with Gasteiger partial charge in [0, 0.05) is 13.1 Å². The molecule has 114 valence electrons. The highest BCUT2D eigenvalue weighted by molar-refractivity contribution is 7.46. The average Bonchev–Trinajstić information content (AvgIpc) is 2.73. The SMILES string of the molecule is CC(=O)/C=C\N(C(C)=O)[C@H]1CC[C@@H](COP(=O)(O)[OH2+])O1. The number of carbonyl (C=O) groups excluding carboxylic acids is 2. The van der Waals surface area contributed by atoms with Crippen molar-refractivity contribution in [3.63, 3.8) is 0 Å². The summed E-state index contributed by atoms with van der Waals surface area (Å²) in [7, 11) is -4.28. The molecule has 8 nitrogen and oxygen atoms in total. The van der Waals surface area contributed by atoms with Crippen molar-refractivity contribution in [1.82, 2.24) is 4.90 Å². The molecular formula is C11H19NO7P+. The molecule has 0 aromatic carbocycles. The maximum absolute atomic E-state index is 11.5. The Labute approximate surface area is 116 Å². The highest BCUT2D eigenvalue weighted by Gasteiger charge is 2.33. The van der Waals surface area contributed by atoms with Crippen LogP contribution >= 0.6 is 7.82 Å². The van der Waals surface area contributed by atoms with Crippen LogP contribution in [0, 0.1) is 0 Å². The smallest absolute Gasteiger partial charge is 0.368 e. The number of hydrogen-bond donors (Lipinski definition) is 1. The summed E-state index contributed by atoms with van der Waals surface area (Å²) in [6, 6.07) is 0. The fraction of sp³-hybridized carbons (Fsp3) is 0.636. The number of allylic oxidation sites excluding steroid dienone is 1. The third-order valence-electron chi connectivity index (χ3n) is 2.66. The zero-order valence-electron chi connectivity index (χ0n) is 11.3. The van der Waals surface area contributed by atoms with Crippen molar-refractivity contribution in [3.05, 3.63) is 12.3 Å². The van der Waals surface area contributed by atoms with E-state index < -0.39 is 20.2 Å². The van der Waals surface area contributed by atoms with Gasteiger partial charge in [-0.3, -0.25) is 19.4 Å². The molecule has 0 aliphatic carbocycles. The molecule has 0 aromatic rings. The van der Waals surface area contributed by atoms with Gasteiger partial charge in [-0.2, -0.15) is 4.57 Å². The summed E-state index contributed by atoms with van der Waals surface area (Å²) in [5, 5.41) is 0. The molecular weight excluding hydrogens is 289 g/mol. The summed E-state index contributed by atoms with van der Waals surface area (Å²) in [6.07, 6.45) is 2.67. The number of ether oxygens (including phenoxy) is 1. The summed E-state index contributed by atoms with van der Waals surface area (Å²) >= 11 is 0. The summed E-state index contributed by atoms with van der Waals surface area (Å²) < 4.78 is 20.7. The molecule has 1 heterocycles. The molecule has 1 amide bonds. The minimum atomic E-state index is -4.28. The molecule has 3 atom stereocenters. The van der Waals surface area contributed by atoms with E-state index in [1.165, 1.54) is 31.0 Å². The number of nitrogens with zero attached hydrogens (tertiary/aromatic N) is 1. The van der Waals surface area contributed by atoms with Gasteiger partial charge in [0.1, 0.15) is 6.23 Å². The van der Waals surface area contributed by atoms with Gasteiger partial charge < -0.3 is 9.63 Å². The van der Waals surface area contributed by atoms with Gasteiger partial charge in [0.15, 0.2) is 5.78 Å². The summed E-state index contributed by atoms with van der Waals surface area (Å²) in [4.78, 5) is 39.1. The number of carbonyl (C=O) groups is 2.